The predicted molar refractivity (Wildman–Crippen MR) is 79.4 cm³/mol. The Morgan fingerprint density at radius 2 is 1.48 bits per heavy atom. The van der Waals surface area contributed by atoms with E-state index < -0.39 is 6.10 Å². The summed E-state index contributed by atoms with van der Waals surface area (Å²) in [6.45, 7) is 5.24. The van der Waals surface area contributed by atoms with Gasteiger partial charge in [0.15, 0.2) is 6.10 Å². The summed E-state index contributed by atoms with van der Waals surface area (Å²) in [6, 6.07) is 0. The highest BCUT2D eigenvalue weighted by Gasteiger charge is 2.51. The second-order valence-corrected chi connectivity index (χ2v) is 7.92. The van der Waals surface area contributed by atoms with Crippen molar-refractivity contribution in [3.05, 3.63) is 0 Å². The van der Waals surface area contributed by atoms with Crippen LogP contribution >= 0.6 is 0 Å². The smallest absolute Gasteiger partial charge is 0.309 e. The molecule has 0 unspecified atom stereocenters. The van der Waals surface area contributed by atoms with Crippen LogP contribution < -0.4 is 5.32 Å². The quantitative estimate of drug-likeness (QED) is 0.811. The fourth-order valence-corrected chi connectivity index (χ4v) is 4.99. The Morgan fingerprint density at radius 3 is 1.90 bits per heavy atom. The molecule has 4 nitrogen and oxygen atoms in total. The van der Waals surface area contributed by atoms with E-state index in [0.717, 1.165) is 37.0 Å². The lowest BCUT2D eigenvalue weighted by atomic mass is 9.53. The molecule has 0 aromatic carbocycles. The molecule has 4 fully saturated rings. The maximum absolute atomic E-state index is 12.4. The van der Waals surface area contributed by atoms with Crippen LogP contribution in [0.2, 0.25) is 0 Å². The van der Waals surface area contributed by atoms with Gasteiger partial charge in [-0.1, -0.05) is 13.8 Å². The van der Waals surface area contributed by atoms with Crippen molar-refractivity contribution in [2.45, 2.75) is 70.9 Å². The Morgan fingerprint density at radius 1 is 1.00 bits per heavy atom. The zero-order valence-corrected chi connectivity index (χ0v) is 13.4. The van der Waals surface area contributed by atoms with Crippen LogP contribution in [0.1, 0.15) is 59.3 Å². The topological polar surface area (TPSA) is 55.4 Å². The molecule has 0 aromatic rings. The first-order chi connectivity index (χ1) is 9.87. The van der Waals surface area contributed by atoms with E-state index in [1.807, 2.05) is 0 Å². The fraction of sp³-hybridized carbons (Fsp3) is 0.882. The highest BCUT2D eigenvalue weighted by atomic mass is 16.5. The molecule has 4 heteroatoms. The van der Waals surface area contributed by atoms with E-state index in [1.54, 1.807) is 20.8 Å². The largest absolute Gasteiger partial charge is 0.452 e. The molecule has 4 aliphatic carbocycles. The summed E-state index contributed by atoms with van der Waals surface area (Å²) in [5.74, 6) is 1.77. The Hall–Kier alpha value is -1.06. The molecule has 0 heterocycles. The number of hydrogen-bond donors (Lipinski definition) is 1. The number of amides is 1. The van der Waals surface area contributed by atoms with E-state index in [4.69, 9.17) is 4.74 Å². The van der Waals surface area contributed by atoms with Crippen LogP contribution in [0.25, 0.3) is 0 Å². The molecule has 0 aliphatic heterocycles. The highest BCUT2D eigenvalue weighted by molar-refractivity contribution is 5.84. The molecule has 4 saturated carbocycles. The van der Waals surface area contributed by atoms with Crippen molar-refractivity contribution in [3.8, 4) is 0 Å². The third kappa shape index (κ3) is 2.95. The molecule has 4 aliphatic rings. The summed E-state index contributed by atoms with van der Waals surface area (Å²) < 4.78 is 5.24. The van der Waals surface area contributed by atoms with E-state index in [0.29, 0.717) is 0 Å². The van der Waals surface area contributed by atoms with Crippen LogP contribution in [0, 0.1) is 23.7 Å². The number of esters is 1. The normalized spacial score (nSPS) is 38.4. The average Bonchev–Trinajstić information content (AvgIpc) is 2.35. The molecular formula is C17H27NO3. The van der Waals surface area contributed by atoms with Crippen LogP contribution in [0.5, 0.6) is 0 Å². The van der Waals surface area contributed by atoms with E-state index in [2.05, 4.69) is 5.32 Å². The summed E-state index contributed by atoms with van der Waals surface area (Å²) in [5.41, 5.74) is -0.00959. The van der Waals surface area contributed by atoms with Gasteiger partial charge < -0.3 is 10.1 Å². The molecule has 4 rings (SSSR count). The van der Waals surface area contributed by atoms with Crippen LogP contribution in [0.4, 0.5) is 0 Å². The lowest BCUT2D eigenvalue weighted by Gasteiger charge is -2.57. The second kappa shape index (κ2) is 5.29. The monoisotopic (exact) mass is 293 g/mol. The van der Waals surface area contributed by atoms with Crippen molar-refractivity contribution >= 4 is 11.9 Å². The van der Waals surface area contributed by atoms with Crippen molar-refractivity contribution < 1.29 is 14.3 Å². The van der Waals surface area contributed by atoms with Crippen molar-refractivity contribution in [1.82, 2.24) is 5.32 Å². The van der Waals surface area contributed by atoms with Gasteiger partial charge in [-0.05, 0) is 63.2 Å². The van der Waals surface area contributed by atoms with Crippen molar-refractivity contribution in [1.29, 1.82) is 0 Å². The van der Waals surface area contributed by atoms with Gasteiger partial charge in [0, 0.05) is 5.54 Å². The first-order valence-electron chi connectivity index (χ1n) is 8.39. The summed E-state index contributed by atoms with van der Waals surface area (Å²) in [6.07, 6.45) is 6.74. The first kappa shape index (κ1) is 14.9. The predicted octanol–water partition coefficient (Wildman–Crippen LogP) is 2.66. The van der Waals surface area contributed by atoms with E-state index in [9.17, 15) is 9.59 Å². The number of rotatable bonds is 4. The third-order valence-electron chi connectivity index (χ3n) is 5.56. The third-order valence-corrected chi connectivity index (χ3v) is 5.56. The maximum atomic E-state index is 12.4. The summed E-state index contributed by atoms with van der Waals surface area (Å²) in [5, 5.41) is 3.25. The minimum atomic E-state index is -0.687. The van der Waals surface area contributed by atoms with Crippen LogP contribution in [-0.4, -0.2) is 23.5 Å². The number of hydrogen-bond acceptors (Lipinski definition) is 3. The van der Waals surface area contributed by atoms with Crippen LogP contribution in [0.15, 0.2) is 0 Å². The van der Waals surface area contributed by atoms with Gasteiger partial charge in [-0.2, -0.15) is 0 Å². The molecule has 21 heavy (non-hydrogen) atoms. The number of nitrogens with one attached hydrogen (secondary N) is 1. The number of carbonyl (C=O) groups excluding carboxylic acids is 2. The Balaban J connectivity index is 1.61. The lowest BCUT2D eigenvalue weighted by molar-refractivity contribution is -0.159. The molecule has 1 amide bonds. The van der Waals surface area contributed by atoms with Gasteiger partial charge in [-0.3, -0.25) is 9.59 Å². The van der Waals surface area contributed by atoms with E-state index in [1.165, 1.54) is 19.3 Å². The zero-order chi connectivity index (χ0) is 15.2. The zero-order valence-electron chi connectivity index (χ0n) is 13.4. The molecule has 118 valence electrons. The summed E-state index contributed by atoms with van der Waals surface area (Å²) >= 11 is 0. The van der Waals surface area contributed by atoms with Crippen molar-refractivity contribution in [3.63, 3.8) is 0 Å². The minimum absolute atomic E-state index is 0.00959. The SMILES string of the molecule is CC(C)C(=O)O[C@@H](C)C(=O)NC12CC3CC(CC(C3)C1)C2. The minimum Gasteiger partial charge on any atom is -0.452 e. The average molecular weight is 293 g/mol. The highest BCUT2D eigenvalue weighted by Crippen LogP contribution is 2.55. The number of carbonyl (C=O) groups is 2. The molecule has 4 bridgehead atoms. The molecule has 0 aromatic heterocycles. The molecule has 1 atom stereocenters. The van der Waals surface area contributed by atoms with Gasteiger partial charge in [-0.25, -0.2) is 0 Å². The summed E-state index contributed by atoms with van der Waals surface area (Å²) in [7, 11) is 0. The van der Waals surface area contributed by atoms with Crippen molar-refractivity contribution in [2.24, 2.45) is 23.7 Å². The van der Waals surface area contributed by atoms with Gasteiger partial charge in [0.1, 0.15) is 0 Å². The van der Waals surface area contributed by atoms with Gasteiger partial charge in [-0.15, -0.1) is 0 Å². The first-order valence-corrected chi connectivity index (χ1v) is 8.39. The van der Waals surface area contributed by atoms with Gasteiger partial charge in [0.2, 0.25) is 0 Å². The van der Waals surface area contributed by atoms with E-state index in [-0.39, 0.29) is 23.3 Å². The van der Waals surface area contributed by atoms with Crippen LogP contribution in [0.3, 0.4) is 0 Å². The lowest BCUT2D eigenvalue weighted by Crippen LogP contribution is -2.61. The maximum Gasteiger partial charge on any atom is 0.309 e. The second-order valence-electron chi connectivity index (χ2n) is 7.92. The number of ether oxygens (including phenoxy) is 1. The Bertz CT molecular complexity index is 408. The van der Waals surface area contributed by atoms with Gasteiger partial charge in [0.25, 0.3) is 5.91 Å². The molecule has 0 spiro atoms. The summed E-state index contributed by atoms with van der Waals surface area (Å²) in [4.78, 5) is 24.0. The fourth-order valence-electron chi connectivity index (χ4n) is 4.99. The Labute approximate surface area is 127 Å². The molecule has 0 saturated heterocycles. The van der Waals surface area contributed by atoms with Crippen LogP contribution in [-0.2, 0) is 14.3 Å². The van der Waals surface area contributed by atoms with Gasteiger partial charge >= 0.3 is 5.97 Å². The van der Waals surface area contributed by atoms with Crippen molar-refractivity contribution in [2.75, 3.05) is 0 Å². The van der Waals surface area contributed by atoms with Gasteiger partial charge in [0.05, 0.1) is 5.92 Å². The molecular weight excluding hydrogens is 266 g/mol. The Kier molecular flexibility index (Phi) is 3.74. The van der Waals surface area contributed by atoms with E-state index >= 15 is 0 Å². The molecule has 0 radical (unpaired) electrons. The standard InChI is InChI=1S/C17H27NO3/c1-10(2)16(20)21-11(3)15(19)18-17-7-12-4-13(8-17)6-14(5-12)9-17/h10-14H,4-9H2,1-3H3,(H,18,19)/t11-,12?,13?,14?,17?/m0/s1. The molecule has 1 N–H and O–H groups in total.